The Morgan fingerprint density at radius 1 is 0.162 bits per heavy atom. The number of aryl methyl sites for hydroxylation is 14. The molecule has 0 atom stereocenters. The lowest BCUT2D eigenvalue weighted by atomic mass is 10.0. The molecule has 0 N–H and O–H groups in total. The topological polar surface area (TPSA) is 215 Å². The Kier molecular flexibility index (Phi) is 79.7. The maximum atomic E-state index is 4.26. The van der Waals surface area contributed by atoms with E-state index in [-0.39, 0.29) is 0 Å². The number of aromatic nitrogens is 21. The van der Waals surface area contributed by atoms with Crippen molar-refractivity contribution in [2.24, 2.45) is 82.9 Å². The molecule has 0 saturated carbocycles. The van der Waals surface area contributed by atoms with Crippen molar-refractivity contribution in [3.8, 4) is 0 Å². The van der Waals surface area contributed by atoms with Gasteiger partial charge in [0.25, 0.3) is 0 Å². The van der Waals surface area contributed by atoms with Crippen LogP contribution in [0.2, 0.25) is 0 Å². The van der Waals surface area contributed by atoms with Crippen LogP contribution in [0.25, 0.3) is 0 Å². The Labute approximate surface area is 839 Å². The van der Waals surface area contributed by atoms with Crippen molar-refractivity contribution in [3.63, 3.8) is 0 Å². The quantitative estimate of drug-likeness (QED) is 0.0324. The minimum atomic E-state index is 0.749. The average Bonchev–Trinajstić information content (AvgIpc) is 1.75. The summed E-state index contributed by atoms with van der Waals surface area (Å²) in [6.07, 6.45) is 80.3. The summed E-state index contributed by atoms with van der Waals surface area (Å²) in [4.78, 5) is 0. The highest BCUT2D eigenvalue weighted by Crippen LogP contribution is 2.22. The Morgan fingerprint density at radius 3 is 0.610 bits per heavy atom. The van der Waals surface area contributed by atoms with Gasteiger partial charge in [0.15, 0.2) is 0 Å². The molecule has 0 bridgehead atoms. The number of rotatable bonds is 73. The summed E-state index contributed by atoms with van der Waals surface area (Å²) in [6, 6.07) is 0. The molecule has 788 valence electrons. The van der Waals surface area contributed by atoms with Gasteiger partial charge >= 0.3 is 0 Å². The Morgan fingerprint density at radius 2 is 0.338 bits per heavy atom. The van der Waals surface area contributed by atoms with Gasteiger partial charge in [-0.05, 0) is 224 Å². The molecule has 136 heavy (non-hydrogen) atoms. The van der Waals surface area contributed by atoms with Crippen LogP contribution in [0.5, 0.6) is 0 Å². The molecule has 7 rings (SSSR count). The van der Waals surface area contributed by atoms with Crippen LogP contribution in [0.1, 0.15) is 523 Å². The van der Waals surface area contributed by atoms with E-state index in [2.05, 4.69) is 302 Å². The van der Waals surface area contributed by atoms with Gasteiger partial charge in [-0.2, -0.15) is 0 Å². The summed E-state index contributed by atoms with van der Waals surface area (Å²) in [5.41, 5.74) is 8.87. The second-order valence-electron chi connectivity index (χ2n) is 46.5. The van der Waals surface area contributed by atoms with Gasteiger partial charge < -0.3 is 0 Å². The van der Waals surface area contributed by atoms with E-state index in [1.54, 1.807) is 0 Å². The molecule has 0 fully saturated rings. The maximum Gasteiger partial charge on any atom is 0.0827 e. The van der Waals surface area contributed by atoms with E-state index in [1.165, 1.54) is 317 Å². The highest BCUT2D eigenvalue weighted by molar-refractivity contribution is 4.99. The second kappa shape index (κ2) is 84.6. The molecule has 0 saturated heterocycles. The van der Waals surface area contributed by atoms with Gasteiger partial charge in [-0.25, -0.2) is 23.4 Å². The Hall–Kier alpha value is -6.02. The van der Waals surface area contributed by atoms with Crippen LogP contribution in [-0.4, -0.2) is 105 Å². The molecule has 0 radical (unpaired) electrons. The molecule has 0 spiro atoms. The van der Waals surface area contributed by atoms with Crippen LogP contribution in [0.4, 0.5) is 0 Å². The van der Waals surface area contributed by atoms with Crippen molar-refractivity contribution in [2.75, 3.05) is 0 Å². The smallest absolute Gasteiger partial charge is 0.0827 e. The van der Waals surface area contributed by atoms with Gasteiger partial charge in [0.2, 0.25) is 0 Å². The summed E-state index contributed by atoms with van der Waals surface area (Å²) >= 11 is 0. The normalized spacial score (nSPS) is 11.7. The van der Waals surface area contributed by atoms with Crippen LogP contribution >= 0.6 is 0 Å². The zero-order valence-electron chi connectivity index (χ0n) is 94.7. The SMILES string of the molecule is CC(C)CCCCCCn1nncc1CCC(C)C.CC(C)CCCCCCn1nncc1CCCC(C)C.CC(C)CCCCCCn1nncc1CCCC(C)C.CC(C)CCCCCc1cn(CCCC(C)C)nn1.CC(C)CCCCCc1cnnn1CCCCC(C)C.CC(C)CCCCCn1cc(CCCC(C)C)nn1.CC(C)CCCCCn1nncc1CCCC(C)C. The minimum absolute atomic E-state index is 0.749. The van der Waals surface area contributed by atoms with Crippen molar-refractivity contribution in [3.05, 3.63) is 83.2 Å². The standard InChI is InChI=1S/3C17H33N3.4C16H31N3/c1-15(2)10-6-5-7-12-17-14-18-19-20(17)13-9-8-11-16(3)4;2*1-15(2)10-7-5-6-8-13-20-17(14-18-19-20)12-9-11-16(3)4;1-14(2)9-6-5-7-12-19-13-16(17-18-19)11-8-10-15(3)4;1-14(2)9-6-5-7-12-19-16(13-17-18-19)11-8-10-15(3)4;1-14(2)9-6-5-7-11-16-13-19(18-17-16)12-8-10-15(3)4;1-14(2)9-7-5-6-8-12-19-16(13-17-18-19)11-10-15(3)4/h3*14-16H,5-13H2,1-4H3;4*13-15H,5-12H2,1-4H3. The largest absolute Gasteiger partial charge is 0.252 e. The summed E-state index contributed by atoms with van der Waals surface area (Å²) in [5.74, 6) is 11.4. The first kappa shape index (κ1) is 128. The molecular weight excluding hydrogens is 1680 g/mol. The molecule has 21 nitrogen and oxygen atoms in total. The monoisotopic (exact) mass is 1900 g/mol. The van der Waals surface area contributed by atoms with Crippen molar-refractivity contribution in [2.45, 2.75) is 574 Å². The molecule has 0 aliphatic heterocycles. The van der Waals surface area contributed by atoms with Crippen molar-refractivity contribution < 1.29 is 0 Å². The zero-order chi connectivity index (χ0) is 101. The molecule has 0 aromatic carbocycles. The van der Waals surface area contributed by atoms with E-state index in [0.29, 0.717) is 0 Å². The number of unbranched alkanes of at least 4 members (excludes halogenated alkanes) is 18. The van der Waals surface area contributed by atoms with Crippen molar-refractivity contribution in [1.82, 2.24) is 105 Å². The van der Waals surface area contributed by atoms with Crippen LogP contribution in [-0.2, 0) is 90.8 Å². The van der Waals surface area contributed by atoms with Crippen LogP contribution in [0.3, 0.4) is 0 Å². The minimum Gasteiger partial charge on any atom is -0.252 e. The summed E-state index contributed by atoms with van der Waals surface area (Å²) in [5, 5.41) is 58.4. The predicted molar refractivity (Wildman–Crippen MR) is 582 cm³/mol. The highest BCUT2D eigenvalue weighted by Gasteiger charge is 2.14. The molecule has 0 amide bonds. The Balaban J connectivity index is 0.000000793. The van der Waals surface area contributed by atoms with Crippen molar-refractivity contribution >= 4 is 0 Å². The highest BCUT2D eigenvalue weighted by atomic mass is 15.5. The molecule has 0 aliphatic carbocycles. The number of nitrogens with zero attached hydrogens (tertiary/aromatic N) is 21. The lowest BCUT2D eigenvalue weighted by Gasteiger charge is -2.08. The van der Waals surface area contributed by atoms with E-state index < -0.39 is 0 Å². The Bertz CT molecular complexity index is 3520. The summed E-state index contributed by atoms with van der Waals surface area (Å²) < 4.78 is 14.6. The molecular formula is C115H223N21. The van der Waals surface area contributed by atoms with E-state index in [0.717, 1.165) is 185 Å². The van der Waals surface area contributed by atoms with Gasteiger partial charge in [0.05, 0.1) is 70.8 Å². The molecule has 7 aromatic rings. The maximum absolute atomic E-state index is 4.26. The van der Waals surface area contributed by atoms with E-state index in [1.807, 2.05) is 40.3 Å². The first-order chi connectivity index (χ1) is 65.1. The number of hydrogen-bond donors (Lipinski definition) is 0. The van der Waals surface area contributed by atoms with E-state index >= 15 is 0 Å². The third-order valence-corrected chi connectivity index (χ3v) is 25.5. The van der Waals surface area contributed by atoms with Gasteiger partial charge in [0.1, 0.15) is 0 Å². The fourth-order valence-electron chi connectivity index (χ4n) is 16.7. The molecule has 21 heteroatoms. The fraction of sp³-hybridized carbons (Fsp3) is 0.878. The fourth-order valence-corrected chi connectivity index (χ4v) is 16.7. The summed E-state index contributed by atoms with van der Waals surface area (Å²) in [6.45, 7) is 71.3. The lowest BCUT2D eigenvalue weighted by molar-refractivity contribution is 0.472. The third kappa shape index (κ3) is 77.7. The first-order valence-electron chi connectivity index (χ1n) is 57.3. The predicted octanol–water partition coefficient (Wildman–Crippen LogP) is 32.5. The van der Waals surface area contributed by atoms with Gasteiger partial charge in [-0.1, -0.05) is 423 Å². The van der Waals surface area contributed by atoms with Crippen LogP contribution in [0, 0.1) is 82.9 Å². The van der Waals surface area contributed by atoms with Gasteiger partial charge in [-0.15, -0.1) is 35.7 Å². The van der Waals surface area contributed by atoms with E-state index in [4.69, 9.17) is 0 Å². The van der Waals surface area contributed by atoms with Gasteiger partial charge in [0, 0.05) is 58.2 Å². The molecule has 0 aliphatic rings. The number of hydrogen-bond acceptors (Lipinski definition) is 14. The van der Waals surface area contributed by atoms with Gasteiger partial charge in [-0.3, -0.25) is 9.36 Å². The first-order valence-corrected chi connectivity index (χ1v) is 57.3. The molecule has 7 aromatic heterocycles. The zero-order valence-corrected chi connectivity index (χ0v) is 94.7. The second-order valence-corrected chi connectivity index (χ2v) is 46.5. The third-order valence-electron chi connectivity index (χ3n) is 25.5. The molecule has 0 unspecified atom stereocenters. The molecule has 7 heterocycles. The lowest BCUT2D eigenvalue weighted by Crippen LogP contribution is -2.06. The average molecular weight is 1900 g/mol. The summed E-state index contributed by atoms with van der Waals surface area (Å²) in [7, 11) is 0. The van der Waals surface area contributed by atoms with Crippen LogP contribution < -0.4 is 0 Å². The van der Waals surface area contributed by atoms with E-state index in [9.17, 15) is 0 Å². The van der Waals surface area contributed by atoms with Crippen LogP contribution in [0.15, 0.2) is 43.4 Å². The van der Waals surface area contributed by atoms with Crippen molar-refractivity contribution in [1.29, 1.82) is 0 Å².